The minimum absolute atomic E-state index is 0.0685. The SMILES string of the molecule is CCCCCNC(=O)C(c1ccc(O)cc1)N(C(=O)C(CCSC)NC(=O)OC(C)(C)C)C(C)(C)C. The van der Waals surface area contributed by atoms with E-state index >= 15 is 0 Å². The zero-order chi connectivity index (χ0) is 27.5. The van der Waals surface area contributed by atoms with Crippen molar-refractivity contribution >= 4 is 29.7 Å². The van der Waals surface area contributed by atoms with Crippen molar-refractivity contribution in [3.8, 4) is 5.75 Å². The van der Waals surface area contributed by atoms with Crippen molar-refractivity contribution in [2.45, 2.75) is 97.4 Å². The van der Waals surface area contributed by atoms with Gasteiger partial charge in [-0.2, -0.15) is 11.8 Å². The Hall–Kier alpha value is -2.42. The minimum Gasteiger partial charge on any atom is -0.508 e. The Bertz CT molecular complexity index is 846. The summed E-state index contributed by atoms with van der Waals surface area (Å²) < 4.78 is 5.41. The highest BCUT2D eigenvalue weighted by Crippen LogP contribution is 2.31. The Morgan fingerprint density at radius 1 is 1.06 bits per heavy atom. The van der Waals surface area contributed by atoms with Crippen LogP contribution in [0.5, 0.6) is 5.75 Å². The molecule has 204 valence electrons. The standard InChI is InChI=1S/C27H45N3O5S/c1-9-10-11-17-28-23(32)22(19-12-14-20(31)15-13-19)30(26(2,3)4)24(33)21(16-18-36-8)29-25(34)35-27(5,6)7/h12-15,21-22,31H,9-11,16-18H2,1-8H3,(H,28,32)(H,29,34). The fraction of sp³-hybridized carbons (Fsp3) is 0.667. The Morgan fingerprint density at radius 2 is 1.67 bits per heavy atom. The van der Waals surface area contributed by atoms with Gasteiger partial charge in [-0.1, -0.05) is 31.9 Å². The summed E-state index contributed by atoms with van der Waals surface area (Å²) in [5.41, 5.74) is -0.897. The number of hydrogen-bond donors (Lipinski definition) is 3. The number of ether oxygens (including phenoxy) is 1. The van der Waals surface area contributed by atoms with E-state index in [0.29, 0.717) is 24.3 Å². The van der Waals surface area contributed by atoms with Crippen LogP contribution < -0.4 is 10.6 Å². The number of carbonyl (C=O) groups excluding carboxylic acids is 3. The molecule has 0 aromatic heterocycles. The smallest absolute Gasteiger partial charge is 0.408 e. The second-order valence-electron chi connectivity index (χ2n) is 10.9. The molecule has 0 bridgehead atoms. The molecule has 1 rings (SSSR count). The number of thioether (sulfide) groups is 1. The number of amides is 3. The topological polar surface area (TPSA) is 108 Å². The third kappa shape index (κ3) is 10.7. The van der Waals surface area contributed by atoms with Gasteiger partial charge in [-0.15, -0.1) is 0 Å². The molecule has 0 heterocycles. The Kier molecular flexibility index (Phi) is 12.6. The van der Waals surface area contributed by atoms with Crippen LogP contribution in [0.3, 0.4) is 0 Å². The van der Waals surface area contributed by atoms with Crippen molar-refractivity contribution in [3.63, 3.8) is 0 Å². The maximum absolute atomic E-state index is 14.1. The van der Waals surface area contributed by atoms with Crippen molar-refractivity contribution < 1.29 is 24.2 Å². The second kappa shape index (κ2) is 14.4. The van der Waals surface area contributed by atoms with Crippen LogP contribution in [0.15, 0.2) is 24.3 Å². The van der Waals surface area contributed by atoms with Gasteiger partial charge in [0.1, 0.15) is 23.4 Å². The molecular formula is C27H45N3O5S. The predicted octanol–water partition coefficient (Wildman–Crippen LogP) is 5.01. The molecule has 0 saturated carbocycles. The lowest BCUT2D eigenvalue weighted by Crippen LogP contribution is -2.58. The summed E-state index contributed by atoms with van der Waals surface area (Å²) in [4.78, 5) is 41.8. The Labute approximate surface area is 220 Å². The fourth-order valence-corrected chi connectivity index (χ4v) is 4.18. The summed E-state index contributed by atoms with van der Waals surface area (Å²) in [6, 6.07) is 4.48. The van der Waals surface area contributed by atoms with Gasteiger partial charge in [-0.3, -0.25) is 9.59 Å². The lowest BCUT2D eigenvalue weighted by atomic mass is 9.95. The molecule has 1 aromatic rings. The van der Waals surface area contributed by atoms with E-state index in [1.165, 1.54) is 17.0 Å². The van der Waals surface area contributed by atoms with E-state index in [9.17, 15) is 19.5 Å². The van der Waals surface area contributed by atoms with E-state index in [0.717, 1.165) is 19.3 Å². The van der Waals surface area contributed by atoms with Crippen LogP contribution in [-0.4, -0.2) is 63.6 Å². The van der Waals surface area contributed by atoms with E-state index in [4.69, 9.17) is 4.74 Å². The monoisotopic (exact) mass is 523 g/mol. The summed E-state index contributed by atoms with van der Waals surface area (Å²) >= 11 is 1.57. The molecule has 0 spiro atoms. The van der Waals surface area contributed by atoms with Gasteiger partial charge in [-0.05, 0) is 84.1 Å². The molecule has 9 heteroatoms. The van der Waals surface area contributed by atoms with Crippen LogP contribution in [0, 0.1) is 0 Å². The molecule has 36 heavy (non-hydrogen) atoms. The summed E-state index contributed by atoms with van der Waals surface area (Å²) in [5.74, 6) is 0.0288. The number of hydrogen-bond acceptors (Lipinski definition) is 6. The van der Waals surface area contributed by atoms with Crippen LogP contribution in [0.1, 0.15) is 85.8 Å². The maximum atomic E-state index is 14.1. The predicted molar refractivity (Wildman–Crippen MR) is 146 cm³/mol. The number of rotatable bonds is 12. The number of nitrogens with zero attached hydrogens (tertiary/aromatic N) is 1. The summed E-state index contributed by atoms with van der Waals surface area (Å²) in [5, 5.41) is 15.5. The third-order valence-corrected chi connectivity index (χ3v) is 6.00. The summed E-state index contributed by atoms with van der Waals surface area (Å²) in [7, 11) is 0. The average Bonchev–Trinajstić information content (AvgIpc) is 2.76. The molecule has 0 aliphatic carbocycles. The lowest BCUT2D eigenvalue weighted by molar-refractivity contribution is -0.148. The molecule has 0 aliphatic rings. The zero-order valence-corrected chi connectivity index (χ0v) is 24.0. The summed E-state index contributed by atoms with van der Waals surface area (Å²) in [6.45, 7) is 13.5. The van der Waals surface area contributed by atoms with Crippen molar-refractivity contribution in [2.75, 3.05) is 18.6 Å². The van der Waals surface area contributed by atoms with Gasteiger partial charge >= 0.3 is 6.09 Å². The highest BCUT2D eigenvalue weighted by Gasteiger charge is 2.41. The van der Waals surface area contributed by atoms with Gasteiger partial charge in [0.15, 0.2) is 0 Å². The zero-order valence-electron chi connectivity index (χ0n) is 23.1. The van der Waals surface area contributed by atoms with Crippen LogP contribution in [-0.2, 0) is 14.3 Å². The van der Waals surface area contributed by atoms with E-state index in [-0.39, 0.29) is 17.6 Å². The molecular weight excluding hydrogens is 478 g/mol. The molecule has 3 amide bonds. The first-order valence-electron chi connectivity index (χ1n) is 12.6. The molecule has 2 unspecified atom stereocenters. The van der Waals surface area contributed by atoms with Gasteiger partial charge < -0.3 is 25.4 Å². The van der Waals surface area contributed by atoms with Crippen molar-refractivity contribution in [1.82, 2.24) is 15.5 Å². The average molecular weight is 524 g/mol. The van der Waals surface area contributed by atoms with Gasteiger partial charge in [-0.25, -0.2) is 4.79 Å². The first-order valence-corrected chi connectivity index (χ1v) is 14.0. The number of benzene rings is 1. The Balaban J connectivity index is 3.43. The first kappa shape index (κ1) is 31.6. The number of phenolic OH excluding ortho intramolecular Hbond substituents is 1. The van der Waals surface area contributed by atoms with Crippen molar-refractivity contribution in [1.29, 1.82) is 0 Å². The normalized spacial score (nSPS) is 13.4. The number of alkyl carbamates (subject to hydrolysis) is 1. The molecule has 0 saturated heterocycles. The van der Waals surface area contributed by atoms with Crippen LogP contribution in [0.2, 0.25) is 0 Å². The fourth-order valence-electron chi connectivity index (χ4n) is 3.71. The number of phenols is 1. The van der Waals surface area contributed by atoms with Crippen molar-refractivity contribution in [2.24, 2.45) is 0 Å². The molecule has 8 nitrogen and oxygen atoms in total. The molecule has 0 fully saturated rings. The second-order valence-corrected chi connectivity index (χ2v) is 11.8. The first-order chi connectivity index (χ1) is 16.7. The number of carbonyl (C=O) groups is 3. The van der Waals surface area contributed by atoms with Crippen molar-refractivity contribution in [3.05, 3.63) is 29.8 Å². The molecule has 3 N–H and O–H groups in total. The van der Waals surface area contributed by atoms with Gasteiger partial charge in [0.05, 0.1) is 0 Å². The van der Waals surface area contributed by atoms with Crippen LogP contribution >= 0.6 is 11.8 Å². The number of unbranched alkanes of at least 4 members (excludes halogenated alkanes) is 2. The van der Waals surface area contributed by atoms with Crippen LogP contribution in [0.4, 0.5) is 4.79 Å². The Morgan fingerprint density at radius 3 is 2.17 bits per heavy atom. The quantitative estimate of drug-likeness (QED) is 0.332. The largest absolute Gasteiger partial charge is 0.508 e. The number of nitrogens with one attached hydrogen (secondary N) is 2. The van der Waals surface area contributed by atoms with E-state index in [1.54, 1.807) is 44.7 Å². The molecule has 0 radical (unpaired) electrons. The highest BCUT2D eigenvalue weighted by molar-refractivity contribution is 7.98. The maximum Gasteiger partial charge on any atom is 0.408 e. The molecule has 0 aliphatic heterocycles. The van der Waals surface area contributed by atoms with E-state index in [1.807, 2.05) is 27.0 Å². The minimum atomic E-state index is -0.947. The van der Waals surface area contributed by atoms with Gasteiger partial charge in [0.25, 0.3) is 0 Å². The van der Waals surface area contributed by atoms with E-state index < -0.39 is 29.3 Å². The van der Waals surface area contributed by atoms with Crippen LogP contribution in [0.25, 0.3) is 0 Å². The highest BCUT2D eigenvalue weighted by atomic mass is 32.2. The third-order valence-electron chi connectivity index (χ3n) is 5.35. The van der Waals surface area contributed by atoms with E-state index in [2.05, 4.69) is 17.6 Å². The molecule has 2 atom stereocenters. The van der Waals surface area contributed by atoms with Gasteiger partial charge in [0, 0.05) is 12.1 Å². The molecule has 1 aromatic carbocycles. The van der Waals surface area contributed by atoms with Gasteiger partial charge in [0.2, 0.25) is 11.8 Å². The number of aromatic hydroxyl groups is 1. The summed E-state index contributed by atoms with van der Waals surface area (Å²) in [6.07, 6.45) is 4.48. The lowest BCUT2D eigenvalue weighted by Gasteiger charge is -2.43.